The molecule has 25 heavy (non-hydrogen) atoms. The van der Waals surface area contributed by atoms with Crippen LogP contribution in [0.2, 0.25) is 0 Å². The van der Waals surface area contributed by atoms with Crippen LogP contribution in [0.3, 0.4) is 0 Å². The van der Waals surface area contributed by atoms with Crippen LogP contribution in [0.15, 0.2) is 5.16 Å². The van der Waals surface area contributed by atoms with Crippen molar-refractivity contribution in [2.24, 2.45) is 0 Å². The van der Waals surface area contributed by atoms with E-state index in [2.05, 4.69) is 27.3 Å². The third-order valence-corrected chi connectivity index (χ3v) is 6.43. The summed E-state index contributed by atoms with van der Waals surface area (Å²) in [5.74, 6) is 0.742. The standard InChI is InChI=1S/C18H31N5OS/c1-2-13-22-18(19-20-21-22)25-14-17(24)23(15-9-5-3-6-10-15)16-11-7-4-8-12-16/h15-16H,2-14H2,1H3. The van der Waals surface area contributed by atoms with E-state index in [0.29, 0.717) is 17.8 Å². The quantitative estimate of drug-likeness (QED) is 0.690. The Hall–Kier alpha value is -1.11. The number of carbonyl (C=O) groups excluding carboxylic acids is 1. The van der Waals surface area contributed by atoms with E-state index in [-0.39, 0.29) is 5.91 Å². The Kier molecular flexibility index (Phi) is 7.13. The highest BCUT2D eigenvalue weighted by Gasteiger charge is 2.32. The van der Waals surface area contributed by atoms with E-state index >= 15 is 0 Å². The average molecular weight is 366 g/mol. The van der Waals surface area contributed by atoms with Gasteiger partial charge in [0.15, 0.2) is 0 Å². The van der Waals surface area contributed by atoms with Crippen LogP contribution in [0.25, 0.3) is 0 Å². The molecule has 1 heterocycles. The number of hydrogen-bond donors (Lipinski definition) is 0. The SMILES string of the molecule is CCCn1nnnc1SCC(=O)N(C1CCCCC1)C1CCCCC1. The van der Waals surface area contributed by atoms with Gasteiger partial charge in [-0.1, -0.05) is 57.2 Å². The molecule has 6 nitrogen and oxygen atoms in total. The summed E-state index contributed by atoms with van der Waals surface area (Å²) >= 11 is 1.49. The second kappa shape index (κ2) is 9.55. The van der Waals surface area contributed by atoms with Crippen molar-refractivity contribution in [2.75, 3.05) is 5.75 Å². The van der Waals surface area contributed by atoms with Crippen molar-refractivity contribution in [2.45, 2.75) is 101 Å². The number of tetrazole rings is 1. The minimum Gasteiger partial charge on any atom is -0.336 e. The van der Waals surface area contributed by atoms with Gasteiger partial charge in [0, 0.05) is 18.6 Å². The van der Waals surface area contributed by atoms with Gasteiger partial charge in [-0.15, -0.1) is 5.10 Å². The zero-order chi connectivity index (χ0) is 17.5. The van der Waals surface area contributed by atoms with E-state index < -0.39 is 0 Å². The first kappa shape index (κ1) is 18.7. The highest BCUT2D eigenvalue weighted by molar-refractivity contribution is 7.99. The molecule has 3 rings (SSSR count). The molecule has 0 bridgehead atoms. The summed E-state index contributed by atoms with van der Waals surface area (Å²) < 4.78 is 1.81. The Bertz CT molecular complexity index is 519. The Morgan fingerprint density at radius 2 is 1.68 bits per heavy atom. The van der Waals surface area contributed by atoms with Crippen molar-refractivity contribution in [3.8, 4) is 0 Å². The molecule has 140 valence electrons. The van der Waals surface area contributed by atoms with Crippen LogP contribution in [0, 0.1) is 0 Å². The minimum atomic E-state index is 0.287. The van der Waals surface area contributed by atoms with E-state index in [0.717, 1.165) is 18.1 Å². The summed E-state index contributed by atoms with van der Waals surface area (Å²) in [6, 6.07) is 0.910. The molecule has 7 heteroatoms. The topological polar surface area (TPSA) is 63.9 Å². The Balaban J connectivity index is 1.64. The fraction of sp³-hybridized carbons (Fsp3) is 0.889. The molecular formula is C18H31N5OS. The number of nitrogens with zero attached hydrogens (tertiary/aromatic N) is 5. The number of amides is 1. The number of rotatable bonds is 7. The molecule has 0 aliphatic heterocycles. The molecule has 0 aromatic carbocycles. The minimum absolute atomic E-state index is 0.287. The van der Waals surface area contributed by atoms with Gasteiger partial charge in [-0.2, -0.15) is 0 Å². The van der Waals surface area contributed by atoms with Crippen LogP contribution in [-0.4, -0.2) is 48.9 Å². The third kappa shape index (κ3) is 4.96. The summed E-state index contributed by atoms with van der Waals surface area (Å²) in [6.07, 6.45) is 13.4. The largest absolute Gasteiger partial charge is 0.336 e. The van der Waals surface area contributed by atoms with Crippen molar-refractivity contribution in [1.29, 1.82) is 0 Å². The van der Waals surface area contributed by atoms with E-state index in [4.69, 9.17) is 0 Å². The van der Waals surface area contributed by atoms with Gasteiger partial charge in [0.25, 0.3) is 0 Å². The molecule has 0 unspecified atom stereocenters. The van der Waals surface area contributed by atoms with Crippen LogP contribution >= 0.6 is 11.8 Å². The molecule has 1 aromatic rings. The van der Waals surface area contributed by atoms with E-state index in [1.165, 1.54) is 76.0 Å². The smallest absolute Gasteiger partial charge is 0.233 e. The normalized spacial score (nSPS) is 19.9. The molecule has 2 aliphatic carbocycles. The van der Waals surface area contributed by atoms with Gasteiger partial charge in [0.2, 0.25) is 11.1 Å². The number of carbonyl (C=O) groups is 1. The molecule has 2 aliphatic rings. The highest BCUT2D eigenvalue weighted by Crippen LogP contribution is 2.31. The maximum atomic E-state index is 13.1. The first-order valence-corrected chi connectivity index (χ1v) is 11.0. The third-order valence-electron chi connectivity index (χ3n) is 5.48. The lowest BCUT2D eigenvalue weighted by Crippen LogP contribution is -2.49. The van der Waals surface area contributed by atoms with E-state index in [1.807, 2.05) is 4.68 Å². The number of aryl methyl sites for hydroxylation is 1. The van der Waals surface area contributed by atoms with Crippen molar-refractivity contribution in [3.63, 3.8) is 0 Å². The molecule has 2 saturated carbocycles. The summed E-state index contributed by atoms with van der Waals surface area (Å²) in [5.41, 5.74) is 0. The molecule has 0 spiro atoms. The van der Waals surface area contributed by atoms with Crippen LogP contribution in [0.5, 0.6) is 0 Å². The van der Waals surface area contributed by atoms with Gasteiger partial charge in [-0.25, -0.2) is 4.68 Å². The molecule has 0 saturated heterocycles. The maximum absolute atomic E-state index is 13.1. The highest BCUT2D eigenvalue weighted by atomic mass is 32.2. The van der Waals surface area contributed by atoms with Crippen LogP contribution in [0.1, 0.15) is 77.6 Å². The Morgan fingerprint density at radius 3 is 2.24 bits per heavy atom. The lowest BCUT2D eigenvalue weighted by Gasteiger charge is -2.41. The number of hydrogen-bond acceptors (Lipinski definition) is 5. The van der Waals surface area contributed by atoms with Crippen molar-refractivity contribution in [3.05, 3.63) is 0 Å². The summed E-state index contributed by atoms with van der Waals surface area (Å²) in [5, 5.41) is 12.6. The Morgan fingerprint density at radius 1 is 1.08 bits per heavy atom. The van der Waals surface area contributed by atoms with Gasteiger partial charge in [-0.3, -0.25) is 4.79 Å². The van der Waals surface area contributed by atoms with Gasteiger partial charge in [-0.05, 0) is 42.5 Å². The molecule has 0 radical (unpaired) electrons. The van der Waals surface area contributed by atoms with Gasteiger partial charge in [0.1, 0.15) is 0 Å². The van der Waals surface area contributed by atoms with Gasteiger partial charge in [0.05, 0.1) is 5.75 Å². The summed E-state index contributed by atoms with van der Waals surface area (Å²) in [4.78, 5) is 15.4. The maximum Gasteiger partial charge on any atom is 0.233 e. The second-order valence-corrected chi connectivity index (χ2v) is 8.30. The molecule has 0 N–H and O–H groups in total. The predicted molar refractivity (Wildman–Crippen MR) is 99.4 cm³/mol. The zero-order valence-corrected chi connectivity index (χ0v) is 16.2. The van der Waals surface area contributed by atoms with Crippen LogP contribution in [-0.2, 0) is 11.3 Å². The number of aromatic nitrogens is 4. The van der Waals surface area contributed by atoms with Crippen molar-refractivity contribution in [1.82, 2.24) is 25.1 Å². The van der Waals surface area contributed by atoms with Gasteiger partial charge >= 0.3 is 0 Å². The summed E-state index contributed by atoms with van der Waals surface area (Å²) in [6.45, 7) is 2.91. The summed E-state index contributed by atoms with van der Waals surface area (Å²) in [7, 11) is 0. The van der Waals surface area contributed by atoms with E-state index in [1.54, 1.807) is 0 Å². The first-order valence-electron chi connectivity index (χ1n) is 9.99. The molecule has 1 amide bonds. The van der Waals surface area contributed by atoms with Crippen molar-refractivity contribution >= 4 is 17.7 Å². The Labute approximate surface area is 155 Å². The predicted octanol–water partition coefficient (Wildman–Crippen LogP) is 3.67. The average Bonchev–Trinajstić information content (AvgIpc) is 3.10. The second-order valence-electron chi connectivity index (χ2n) is 7.36. The number of thioether (sulfide) groups is 1. The fourth-order valence-electron chi connectivity index (χ4n) is 4.28. The fourth-order valence-corrected chi connectivity index (χ4v) is 5.05. The van der Waals surface area contributed by atoms with Crippen LogP contribution in [0.4, 0.5) is 0 Å². The molecular weight excluding hydrogens is 334 g/mol. The van der Waals surface area contributed by atoms with Crippen LogP contribution < -0.4 is 0 Å². The zero-order valence-electron chi connectivity index (χ0n) is 15.4. The molecule has 0 atom stereocenters. The van der Waals surface area contributed by atoms with Gasteiger partial charge < -0.3 is 4.90 Å². The first-order chi connectivity index (χ1) is 12.3. The monoisotopic (exact) mass is 365 g/mol. The lowest BCUT2D eigenvalue weighted by atomic mass is 9.88. The van der Waals surface area contributed by atoms with E-state index in [9.17, 15) is 4.79 Å². The van der Waals surface area contributed by atoms with Crippen molar-refractivity contribution < 1.29 is 4.79 Å². The lowest BCUT2D eigenvalue weighted by molar-refractivity contribution is -0.135. The molecule has 2 fully saturated rings. The molecule has 1 aromatic heterocycles.